The summed E-state index contributed by atoms with van der Waals surface area (Å²) in [4.78, 5) is 16.4. The van der Waals surface area contributed by atoms with Crippen LogP contribution in [0, 0.1) is 0 Å². The number of nitrogens with two attached hydrogens (primary N) is 1. The number of fused-ring (bicyclic) bond motifs is 1. The number of nitrogens with one attached hydrogen (secondary N) is 2. The van der Waals surface area contributed by atoms with Gasteiger partial charge in [-0.3, -0.25) is 4.79 Å². The molecule has 0 bridgehead atoms. The number of hydrogen-bond donors (Lipinski definition) is 3. The molecule has 1 aromatic carbocycles. The standard InChI is InChI=1S/C15H19N5OS/c1-9(22-15-18-14(16)19-20-15)13(21)17-12-8-4-6-10-5-2-3-7-11(10)12/h2-3,5,7,9,12H,4,6,8H2,1H3,(H,17,21)(H3,16,18,19,20)/t9-,12-/m1/s1. The molecule has 1 amide bonds. The van der Waals surface area contributed by atoms with E-state index in [1.54, 1.807) is 0 Å². The predicted molar refractivity (Wildman–Crippen MR) is 86.4 cm³/mol. The number of H-pyrrole nitrogens is 1. The van der Waals surface area contributed by atoms with Crippen molar-refractivity contribution in [1.29, 1.82) is 0 Å². The lowest BCUT2D eigenvalue weighted by atomic mass is 9.88. The van der Waals surface area contributed by atoms with E-state index in [4.69, 9.17) is 5.73 Å². The molecule has 116 valence electrons. The maximum Gasteiger partial charge on any atom is 0.233 e. The number of aromatic nitrogens is 3. The maximum absolute atomic E-state index is 12.4. The van der Waals surface area contributed by atoms with Crippen molar-refractivity contribution in [3.63, 3.8) is 0 Å². The van der Waals surface area contributed by atoms with Crippen LogP contribution in [-0.4, -0.2) is 26.3 Å². The number of nitrogens with zero attached hydrogens (tertiary/aromatic N) is 2. The molecule has 2 atom stereocenters. The molecule has 0 aliphatic heterocycles. The smallest absolute Gasteiger partial charge is 0.233 e. The zero-order valence-electron chi connectivity index (χ0n) is 12.4. The lowest BCUT2D eigenvalue weighted by Crippen LogP contribution is -2.35. The fourth-order valence-electron chi connectivity index (χ4n) is 2.72. The van der Waals surface area contributed by atoms with Gasteiger partial charge < -0.3 is 11.1 Å². The van der Waals surface area contributed by atoms with E-state index in [1.807, 2.05) is 13.0 Å². The summed E-state index contributed by atoms with van der Waals surface area (Å²) < 4.78 is 0. The number of aromatic amines is 1. The van der Waals surface area contributed by atoms with Crippen LogP contribution >= 0.6 is 11.8 Å². The lowest BCUT2D eigenvalue weighted by Gasteiger charge is -2.27. The van der Waals surface area contributed by atoms with Gasteiger partial charge in [-0.1, -0.05) is 36.0 Å². The van der Waals surface area contributed by atoms with Crippen LogP contribution in [-0.2, 0) is 11.2 Å². The Morgan fingerprint density at radius 3 is 3.09 bits per heavy atom. The number of benzene rings is 1. The molecule has 1 aliphatic rings. The third-order valence-corrected chi connectivity index (χ3v) is 4.78. The molecule has 0 saturated heterocycles. The number of aryl methyl sites for hydroxylation is 1. The molecule has 3 rings (SSSR count). The first-order valence-electron chi connectivity index (χ1n) is 7.36. The van der Waals surface area contributed by atoms with Crippen LogP contribution in [0.25, 0.3) is 0 Å². The van der Waals surface area contributed by atoms with Crippen molar-refractivity contribution in [2.45, 2.75) is 42.6 Å². The summed E-state index contributed by atoms with van der Waals surface area (Å²) in [7, 11) is 0. The van der Waals surface area contributed by atoms with Crippen LogP contribution in [0.1, 0.15) is 36.9 Å². The van der Waals surface area contributed by atoms with Gasteiger partial charge >= 0.3 is 0 Å². The number of nitrogen functional groups attached to an aromatic ring is 1. The highest BCUT2D eigenvalue weighted by molar-refractivity contribution is 8.00. The molecule has 1 aliphatic carbocycles. The van der Waals surface area contributed by atoms with Crippen molar-refractivity contribution < 1.29 is 4.79 Å². The van der Waals surface area contributed by atoms with Gasteiger partial charge in [-0.05, 0) is 37.3 Å². The second-order valence-corrected chi connectivity index (χ2v) is 6.72. The Hall–Kier alpha value is -2.02. The molecule has 7 heteroatoms. The molecule has 0 spiro atoms. The Labute approximate surface area is 133 Å². The molecule has 1 aromatic heterocycles. The van der Waals surface area contributed by atoms with Gasteiger partial charge in [0.25, 0.3) is 0 Å². The Balaban J connectivity index is 1.64. The van der Waals surface area contributed by atoms with Crippen LogP contribution < -0.4 is 11.1 Å². The first-order valence-corrected chi connectivity index (χ1v) is 8.24. The molecule has 2 aromatic rings. The van der Waals surface area contributed by atoms with E-state index >= 15 is 0 Å². The minimum atomic E-state index is -0.274. The summed E-state index contributed by atoms with van der Waals surface area (Å²) in [6.45, 7) is 1.85. The summed E-state index contributed by atoms with van der Waals surface area (Å²) in [6.07, 6.45) is 3.16. The van der Waals surface area contributed by atoms with Gasteiger partial charge in [0.05, 0.1) is 11.3 Å². The van der Waals surface area contributed by atoms with Crippen molar-refractivity contribution in [2.24, 2.45) is 0 Å². The van der Waals surface area contributed by atoms with Gasteiger partial charge in [-0.15, -0.1) is 5.10 Å². The second kappa shape index (κ2) is 6.39. The first kappa shape index (κ1) is 14.9. The largest absolute Gasteiger partial charge is 0.368 e. The zero-order valence-corrected chi connectivity index (χ0v) is 13.2. The van der Waals surface area contributed by atoms with E-state index in [0.29, 0.717) is 5.16 Å². The maximum atomic E-state index is 12.4. The predicted octanol–water partition coefficient (Wildman–Crippen LogP) is 2.06. The van der Waals surface area contributed by atoms with Crippen LogP contribution in [0.5, 0.6) is 0 Å². The minimum Gasteiger partial charge on any atom is -0.368 e. The molecule has 1 heterocycles. The van der Waals surface area contributed by atoms with Gasteiger partial charge in [0.15, 0.2) is 0 Å². The van der Waals surface area contributed by atoms with Gasteiger partial charge in [-0.2, -0.15) is 4.98 Å². The van der Waals surface area contributed by atoms with Crippen molar-refractivity contribution in [1.82, 2.24) is 20.5 Å². The van der Waals surface area contributed by atoms with Crippen LogP contribution in [0.4, 0.5) is 5.95 Å². The summed E-state index contributed by atoms with van der Waals surface area (Å²) in [5, 5.41) is 9.88. The number of amides is 1. The Morgan fingerprint density at radius 1 is 1.50 bits per heavy atom. The molecule has 6 nitrogen and oxygen atoms in total. The molecule has 22 heavy (non-hydrogen) atoms. The average molecular weight is 317 g/mol. The second-order valence-electron chi connectivity index (χ2n) is 5.42. The van der Waals surface area contributed by atoms with Gasteiger partial charge in [0.1, 0.15) is 0 Å². The molecule has 0 radical (unpaired) electrons. The van der Waals surface area contributed by atoms with Gasteiger partial charge in [0.2, 0.25) is 17.0 Å². The van der Waals surface area contributed by atoms with E-state index in [9.17, 15) is 4.79 Å². The highest BCUT2D eigenvalue weighted by Crippen LogP contribution is 2.30. The quantitative estimate of drug-likeness (QED) is 0.750. The van der Waals surface area contributed by atoms with E-state index in [2.05, 4.69) is 38.7 Å². The zero-order chi connectivity index (χ0) is 15.5. The monoisotopic (exact) mass is 317 g/mol. The number of hydrogen-bond acceptors (Lipinski definition) is 5. The van der Waals surface area contributed by atoms with E-state index in [0.717, 1.165) is 19.3 Å². The summed E-state index contributed by atoms with van der Waals surface area (Å²) >= 11 is 1.30. The third kappa shape index (κ3) is 3.24. The van der Waals surface area contributed by atoms with Crippen molar-refractivity contribution in [3.8, 4) is 0 Å². The van der Waals surface area contributed by atoms with E-state index < -0.39 is 0 Å². The number of carbonyl (C=O) groups excluding carboxylic acids is 1. The number of anilines is 1. The molecular formula is C15H19N5OS. The highest BCUT2D eigenvalue weighted by atomic mass is 32.2. The molecule has 0 fully saturated rings. The third-order valence-electron chi connectivity index (χ3n) is 3.82. The van der Waals surface area contributed by atoms with Gasteiger partial charge in [-0.25, -0.2) is 5.10 Å². The van der Waals surface area contributed by atoms with Gasteiger partial charge in [0, 0.05) is 0 Å². The fourth-order valence-corrected chi connectivity index (χ4v) is 3.46. The summed E-state index contributed by atoms with van der Waals surface area (Å²) in [5.41, 5.74) is 8.06. The van der Waals surface area contributed by atoms with Crippen LogP contribution in [0.3, 0.4) is 0 Å². The minimum absolute atomic E-state index is 0.00456. The molecule has 0 unspecified atom stereocenters. The topological polar surface area (TPSA) is 96.7 Å². The number of carbonyl (C=O) groups is 1. The molecular weight excluding hydrogens is 298 g/mol. The van der Waals surface area contributed by atoms with Crippen molar-refractivity contribution in [2.75, 3.05) is 5.73 Å². The van der Waals surface area contributed by atoms with Crippen LogP contribution in [0.15, 0.2) is 29.4 Å². The van der Waals surface area contributed by atoms with E-state index in [1.165, 1.54) is 22.9 Å². The summed E-state index contributed by atoms with van der Waals surface area (Å²) in [6, 6.07) is 8.42. The Bertz CT molecular complexity index is 671. The van der Waals surface area contributed by atoms with E-state index in [-0.39, 0.29) is 23.1 Å². The average Bonchev–Trinajstić information content (AvgIpc) is 2.92. The highest BCUT2D eigenvalue weighted by Gasteiger charge is 2.24. The van der Waals surface area contributed by atoms with Crippen molar-refractivity contribution in [3.05, 3.63) is 35.4 Å². The van der Waals surface area contributed by atoms with Crippen LogP contribution in [0.2, 0.25) is 0 Å². The normalized spacial score (nSPS) is 18.5. The fraction of sp³-hybridized carbons (Fsp3) is 0.400. The Morgan fingerprint density at radius 2 is 2.32 bits per heavy atom. The first-order chi connectivity index (χ1) is 10.6. The lowest BCUT2D eigenvalue weighted by molar-refractivity contribution is -0.121. The number of rotatable bonds is 4. The summed E-state index contributed by atoms with van der Waals surface area (Å²) in [5.74, 6) is 0.256. The molecule has 4 N–H and O–H groups in total. The number of thioether (sulfide) groups is 1. The SMILES string of the molecule is C[C@@H](Sc1n[nH]c(N)n1)C(=O)N[C@@H]1CCCc2ccccc21. The Kier molecular flexibility index (Phi) is 4.33. The molecule has 0 saturated carbocycles. The van der Waals surface area contributed by atoms with Crippen molar-refractivity contribution >= 4 is 23.6 Å².